The topological polar surface area (TPSA) is 29.5 Å². The van der Waals surface area contributed by atoms with Crippen LogP contribution in [0.15, 0.2) is 22.7 Å². The van der Waals surface area contributed by atoms with Crippen molar-refractivity contribution in [3.63, 3.8) is 0 Å². The predicted octanol–water partition coefficient (Wildman–Crippen LogP) is 2.58. The molecule has 0 spiro atoms. The van der Waals surface area contributed by atoms with Crippen molar-refractivity contribution >= 4 is 21.9 Å². The van der Waals surface area contributed by atoms with Crippen molar-refractivity contribution in [1.82, 2.24) is 4.90 Å². The number of carbonyl (C=O) groups is 1. The Kier molecular flexibility index (Phi) is 5.58. The maximum atomic E-state index is 13.0. The number of carbonyl (C=O) groups excluding carboxylic acids is 1. The highest BCUT2D eigenvalue weighted by Crippen LogP contribution is 2.17. The summed E-state index contributed by atoms with van der Waals surface area (Å²) < 4.78 is 18.3. The zero-order chi connectivity index (χ0) is 12.8. The summed E-state index contributed by atoms with van der Waals surface area (Å²) in [5.74, 6) is -0.544. The summed E-state index contributed by atoms with van der Waals surface area (Å²) >= 11 is 3.13. The summed E-state index contributed by atoms with van der Waals surface area (Å²) in [5.41, 5.74) is 0.935. The van der Waals surface area contributed by atoms with Crippen molar-refractivity contribution in [2.24, 2.45) is 0 Å². The third-order valence-corrected chi connectivity index (χ3v) is 2.75. The van der Waals surface area contributed by atoms with Crippen molar-refractivity contribution in [2.75, 3.05) is 20.2 Å². The van der Waals surface area contributed by atoms with Gasteiger partial charge in [0.2, 0.25) is 0 Å². The third-order valence-electron chi connectivity index (χ3n) is 2.14. The summed E-state index contributed by atoms with van der Waals surface area (Å²) in [6, 6.07) is 4.80. The monoisotopic (exact) mass is 303 g/mol. The number of esters is 1. The number of benzene rings is 1. The first-order valence-corrected chi connectivity index (χ1v) is 6.10. The molecule has 1 aromatic carbocycles. The minimum absolute atomic E-state index is 0.225. The van der Waals surface area contributed by atoms with E-state index in [1.165, 1.54) is 6.07 Å². The van der Waals surface area contributed by atoms with E-state index in [1.54, 1.807) is 19.1 Å². The molecule has 0 radical (unpaired) electrons. The standard InChI is InChI=1S/C12H15BrFNO2/c1-3-17-12(16)8-15(2)7-9-4-5-11(14)10(13)6-9/h4-6H,3,7-8H2,1-2H3. The lowest BCUT2D eigenvalue weighted by atomic mass is 10.2. The molecule has 0 aliphatic heterocycles. The molecule has 0 bridgehead atoms. The van der Waals surface area contributed by atoms with Crippen molar-refractivity contribution < 1.29 is 13.9 Å². The van der Waals surface area contributed by atoms with Gasteiger partial charge in [-0.15, -0.1) is 0 Å². The third kappa shape index (κ3) is 4.83. The number of halogens is 2. The second-order valence-electron chi connectivity index (χ2n) is 3.73. The molecule has 17 heavy (non-hydrogen) atoms. The van der Waals surface area contributed by atoms with E-state index in [0.717, 1.165) is 5.56 Å². The molecule has 5 heteroatoms. The Bertz CT molecular complexity index is 398. The van der Waals surface area contributed by atoms with Gasteiger partial charge in [0, 0.05) is 6.54 Å². The van der Waals surface area contributed by atoms with E-state index in [2.05, 4.69) is 15.9 Å². The number of likely N-dealkylation sites (N-methyl/N-ethyl adjacent to an activating group) is 1. The quantitative estimate of drug-likeness (QED) is 0.783. The molecule has 1 rings (SSSR count). The molecule has 0 saturated carbocycles. The molecule has 0 heterocycles. The first-order chi connectivity index (χ1) is 8.02. The molecule has 3 nitrogen and oxygen atoms in total. The Hall–Kier alpha value is -0.940. The fraction of sp³-hybridized carbons (Fsp3) is 0.417. The Balaban J connectivity index is 2.53. The van der Waals surface area contributed by atoms with Crippen molar-refractivity contribution in [3.8, 4) is 0 Å². The van der Waals surface area contributed by atoms with Crippen molar-refractivity contribution in [3.05, 3.63) is 34.1 Å². The molecular weight excluding hydrogens is 289 g/mol. The SMILES string of the molecule is CCOC(=O)CN(C)Cc1ccc(F)c(Br)c1. The van der Waals surface area contributed by atoms with E-state index in [0.29, 0.717) is 17.6 Å². The highest BCUT2D eigenvalue weighted by molar-refractivity contribution is 9.10. The normalized spacial score (nSPS) is 10.6. The minimum Gasteiger partial charge on any atom is -0.465 e. The zero-order valence-corrected chi connectivity index (χ0v) is 11.5. The lowest BCUT2D eigenvalue weighted by molar-refractivity contribution is -0.144. The van der Waals surface area contributed by atoms with Crippen LogP contribution in [0.1, 0.15) is 12.5 Å². The van der Waals surface area contributed by atoms with Crippen LogP contribution in [-0.4, -0.2) is 31.1 Å². The van der Waals surface area contributed by atoms with E-state index < -0.39 is 0 Å². The zero-order valence-electron chi connectivity index (χ0n) is 9.87. The van der Waals surface area contributed by atoms with E-state index >= 15 is 0 Å². The van der Waals surface area contributed by atoms with Gasteiger partial charge in [-0.1, -0.05) is 6.07 Å². The Morgan fingerprint density at radius 3 is 2.82 bits per heavy atom. The Morgan fingerprint density at radius 2 is 2.24 bits per heavy atom. The molecule has 0 amide bonds. The molecule has 0 atom stereocenters. The summed E-state index contributed by atoms with van der Waals surface area (Å²) in [4.78, 5) is 13.0. The average Bonchev–Trinajstić information content (AvgIpc) is 2.23. The molecule has 0 N–H and O–H groups in total. The van der Waals surface area contributed by atoms with Crippen LogP contribution in [0.3, 0.4) is 0 Å². The van der Waals surface area contributed by atoms with Crippen LogP contribution in [0.4, 0.5) is 4.39 Å². The van der Waals surface area contributed by atoms with E-state index in [9.17, 15) is 9.18 Å². The fourth-order valence-corrected chi connectivity index (χ4v) is 1.86. The van der Waals surface area contributed by atoms with Crippen LogP contribution in [0.2, 0.25) is 0 Å². The van der Waals surface area contributed by atoms with Gasteiger partial charge in [-0.3, -0.25) is 9.69 Å². The maximum Gasteiger partial charge on any atom is 0.320 e. The summed E-state index contributed by atoms with van der Waals surface area (Å²) in [6.45, 7) is 2.95. The van der Waals surface area contributed by atoms with Crippen LogP contribution in [0.5, 0.6) is 0 Å². The second kappa shape index (κ2) is 6.71. The van der Waals surface area contributed by atoms with Gasteiger partial charge in [0.25, 0.3) is 0 Å². The second-order valence-corrected chi connectivity index (χ2v) is 4.58. The van der Waals surface area contributed by atoms with E-state index in [1.807, 2.05) is 11.9 Å². The van der Waals surface area contributed by atoms with Gasteiger partial charge in [-0.05, 0) is 47.6 Å². The Labute approximate surface area is 109 Å². The molecule has 0 unspecified atom stereocenters. The first-order valence-electron chi connectivity index (χ1n) is 5.31. The lowest BCUT2D eigenvalue weighted by Gasteiger charge is -2.15. The maximum absolute atomic E-state index is 13.0. The number of ether oxygens (including phenoxy) is 1. The fourth-order valence-electron chi connectivity index (χ4n) is 1.43. The molecule has 0 aromatic heterocycles. The molecule has 0 aliphatic rings. The number of hydrogen-bond acceptors (Lipinski definition) is 3. The van der Waals surface area contributed by atoms with Gasteiger partial charge in [-0.25, -0.2) is 4.39 Å². The smallest absolute Gasteiger partial charge is 0.320 e. The largest absolute Gasteiger partial charge is 0.465 e. The van der Waals surface area contributed by atoms with Crippen molar-refractivity contribution in [1.29, 1.82) is 0 Å². The van der Waals surface area contributed by atoms with E-state index in [-0.39, 0.29) is 18.3 Å². The molecule has 0 saturated heterocycles. The minimum atomic E-state index is -0.290. The van der Waals surface area contributed by atoms with Gasteiger partial charge >= 0.3 is 5.97 Å². The van der Waals surface area contributed by atoms with Crippen LogP contribution in [-0.2, 0) is 16.1 Å². The molecule has 1 aromatic rings. The molecule has 0 aliphatic carbocycles. The number of nitrogens with zero attached hydrogens (tertiary/aromatic N) is 1. The van der Waals surface area contributed by atoms with Gasteiger partial charge < -0.3 is 4.74 Å². The van der Waals surface area contributed by atoms with E-state index in [4.69, 9.17) is 4.74 Å². The highest BCUT2D eigenvalue weighted by atomic mass is 79.9. The van der Waals surface area contributed by atoms with Gasteiger partial charge in [-0.2, -0.15) is 0 Å². The van der Waals surface area contributed by atoms with Crippen molar-refractivity contribution in [2.45, 2.75) is 13.5 Å². The Morgan fingerprint density at radius 1 is 1.53 bits per heavy atom. The van der Waals surface area contributed by atoms with Crippen LogP contribution >= 0.6 is 15.9 Å². The van der Waals surface area contributed by atoms with Gasteiger partial charge in [0.15, 0.2) is 0 Å². The summed E-state index contributed by atoms with van der Waals surface area (Å²) in [6.07, 6.45) is 0. The van der Waals surface area contributed by atoms with Crippen LogP contribution in [0.25, 0.3) is 0 Å². The molecule has 94 valence electrons. The summed E-state index contributed by atoms with van der Waals surface area (Å²) in [5, 5.41) is 0. The number of rotatable bonds is 5. The summed E-state index contributed by atoms with van der Waals surface area (Å²) in [7, 11) is 1.81. The first kappa shape index (κ1) is 14.1. The van der Waals surface area contributed by atoms with Gasteiger partial charge in [0.05, 0.1) is 17.6 Å². The van der Waals surface area contributed by atoms with Crippen LogP contribution in [0, 0.1) is 5.82 Å². The molecule has 0 fully saturated rings. The van der Waals surface area contributed by atoms with Gasteiger partial charge in [0.1, 0.15) is 5.82 Å². The predicted molar refractivity (Wildman–Crippen MR) is 67.1 cm³/mol. The highest BCUT2D eigenvalue weighted by Gasteiger charge is 2.08. The van der Waals surface area contributed by atoms with Crippen LogP contribution < -0.4 is 0 Å². The number of hydrogen-bond donors (Lipinski definition) is 0. The molecular formula is C12H15BrFNO2. The lowest BCUT2D eigenvalue weighted by Crippen LogP contribution is -2.27. The average molecular weight is 304 g/mol.